The van der Waals surface area contributed by atoms with E-state index in [1.54, 1.807) is 0 Å². The summed E-state index contributed by atoms with van der Waals surface area (Å²) in [5.74, 6) is 0. The second-order valence-electron chi connectivity index (χ2n) is 9.17. The summed E-state index contributed by atoms with van der Waals surface area (Å²) in [4.78, 5) is 9.90. The first-order chi connectivity index (χ1) is 15.9. The number of hydrogen-bond donors (Lipinski definition) is 2. The molecule has 1 saturated carbocycles. The molecule has 0 atom stereocenters. The highest BCUT2D eigenvalue weighted by molar-refractivity contribution is 5.92. The third kappa shape index (κ3) is 3.22. The molecule has 0 aliphatic heterocycles. The van der Waals surface area contributed by atoms with E-state index in [0.29, 0.717) is 12.8 Å². The maximum absolute atomic E-state index is 9.75. The average molecular weight is 436 g/mol. The van der Waals surface area contributed by atoms with Crippen molar-refractivity contribution in [3.8, 4) is 22.4 Å². The molecule has 6 rings (SSSR count). The first-order valence-corrected chi connectivity index (χ1v) is 11.2. The SMILES string of the molecule is Cc1cc2nc(C)c3cc(-c4ccccc4)c(-c4ccc([C@]5(N)C[C@H](O)C5)cc4)nc3n2n1. The third-order valence-corrected chi connectivity index (χ3v) is 6.71. The van der Waals surface area contributed by atoms with E-state index >= 15 is 0 Å². The fraction of sp³-hybridized carbons (Fsp3) is 0.222. The van der Waals surface area contributed by atoms with Gasteiger partial charge in [0.1, 0.15) is 0 Å². The van der Waals surface area contributed by atoms with Crippen molar-refractivity contribution >= 4 is 16.7 Å². The van der Waals surface area contributed by atoms with Gasteiger partial charge in [0.25, 0.3) is 0 Å². The smallest absolute Gasteiger partial charge is 0.165 e. The Morgan fingerprint density at radius 2 is 1.67 bits per heavy atom. The Morgan fingerprint density at radius 3 is 2.36 bits per heavy atom. The minimum atomic E-state index is -0.446. The lowest BCUT2D eigenvalue weighted by molar-refractivity contribution is 0.0209. The van der Waals surface area contributed by atoms with Crippen LogP contribution in [0, 0.1) is 13.8 Å². The lowest BCUT2D eigenvalue weighted by Gasteiger charge is -2.42. The third-order valence-electron chi connectivity index (χ3n) is 6.71. The molecule has 3 N–H and O–H groups in total. The number of aliphatic hydroxyl groups excluding tert-OH is 1. The monoisotopic (exact) mass is 435 g/mol. The maximum Gasteiger partial charge on any atom is 0.165 e. The molecule has 1 fully saturated rings. The van der Waals surface area contributed by atoms with E-state index < -0.39 is 5.54 Å². The highest BCUT2D eigenvalue weighted by Gasteiger charge is 2.41. The lowest BCUT2D eigenvalue weighted by atomic mass is 9.70. The second-order valence-corrected chi connectivity index (χ2v) is 9.17. The predicted molar refractivity (Wildman–Crippen MR) is 130 cm³/mol. The molecule has 0 spiro atoms. The molecule has 3 heterocycles. The van der Waals surface area contributed by atoms with Crippen molar-refractivity contribution in [1.29, 1.82) is 0 Å². The van der Waals surface area contributed by atoms with E-state index in [0.717, 1.165) is 56.0 Å². The summed E-state index contributed by atoms with van der Waals surface area (Å²) in [7, 11) is 0. The van der Waals surface area contributed by atoms with Crippen molar-refractivity contribution in [2.75, 3.05) is 0 Å². The first-order valence-electron chi connectivity index (χ1n) is 11.2. The van der Waals surface area contributed by atoms with E-state index in [9.17, 15) is 5.11 Å². The summed E-state index contributed by atoms with van der Waals surface area (Å²) in [6.45, 7) is 3.98. The number of rotatable bonds is 3. The summed E-state index contributed by atoms with van der Waals surface area (Å²) < 4.78 is 1.83. The van der Waals surface area contributed by atoms with Crippen molar-refractivity contribution in [2.24, 2.45) is 5.73 Å². The highest BCUT2D eigenvalue weighted by atomic mass is 16.3. The van der Waals surface area contributed by atoms with Gasteiger partial charge >= 0.3 is 0 Å². The Labute approximate surface area is 191 Å². The van der Waals surface area contributed by atoms with Crippen molar-refractivity contribution in [2.45, 2.75) is 38.3 Å². The average Bonchev–Trinajstić information content (AvgIpc) is 3.18. The van der Waals surface area contributed by atoms with Crippen LogP contribution in [-0.4, -0.2) is 30.8 Å². The molecule has 1 aliphatic rings. The number of aliphatic hydroxyl groups is 1. The highest BCUT2D eigenvalue weighted by Crippen LogP contribution is 2.40. The van der Waals surface area contributed by atoms with Gasteiger partial charge in [-0.25, -0.2) is 9.97 Å². The molecular formula is C27H25N5O. The van der Waals surface area contributed by atoms with Crippen LogP contribution >= 0.6 is 0 Å². The Hall–Kier alpha value is -3.61. The van der Waals surface area contributed by atoms with Crippen LogP contribution in [0.3, 0.4) is 0 Å². The van der Waals surface area contributed by atoms with Crippen LogP contribution in [0.1, 0.15) is 29.8 Å². The van der Waals surface area contributed by atoms with E-state index in [1.807, 2.05) is 42.6 Å². The molecule has 0 amide bonds. The van der Waals surface area contributed by atoms with Gasteiger partial charge in [0.2, 0.25) is 0 Å². The van der Waals surface area contributed by atoms with Crippen LogP contribution in [0.2, 0.25) is 0 Å². The maximum atomic E-state index is 9.75. The zero-order valence-electron chi connectivity index (χ0n) is 18.7. The Balaban J connectivity index is 1.58. The number of aromatic nitrogens is 4. The number of aryl methyl sites for hydroxylation is 2. The van der Waals surface area contributed by atoms with Crippen LogP contribution in [0.4, 0.5) is 0 Å². The Morgan fingerprint density at radius 1 is 0.939 bits per heavy atom. The van der Waals surface area contributed by atoms with Crippen molar-refractivity contribution < 1.29 is 5.11 Å². The van der Waals surface area contributed by atoms with Gasteiger partial charge in [-0.3, -0.25) is 0 Å². The molecule has 0 saturated heterocycles. The molecule has 3 aromatic heterocycles. The zero-order chi connectivity index (χ0) is 22.7. The zero-order valence-corrected chi connectivity index (χ0v) is 18.7. The van der Waals surface area contributed by atoms with Gasteiger partial charge in [-0.15, -0.1) is 0 Å². The van der Waals surface area contributed by atoms with Gasteiger partial charge in [0.05, 0.1) is 23.2 Å². The fourth-order valence-corrected chi connectivity index (χ4v) is 4.92. The van der Waals surface area contributed by atoms with Gasteiger partial charge in [-0.2, -0.15) is 9.61 Å². The predicted octanol–water partition coefficient (Wildman–Crippen LogP) is 4.54. The largest absolute Gasteiger partial charge is 0.393 e. The molecule has 6 heteroatoms. The quantitative estimate of drug-likeness (QED) is 0.434. The number of nitrogens with two attached hydrogens (primary N) is 1. The minimum Gasteiger partial charge on any atom is -0.393 e. The molecule has 5 aromatic rings. The molecule has 6 nitrogen and oxygen atoms in total. The first kappa shape index (κ1) is 20.0. The number of hydrogen-bond acceptors (Lipinski definition) is 5. The Bertz CT molecular complexity index is 1500. The van der Waals surface area contributed by atoms with Crippen LogP contribution in [-0.2, 0) is 5.54 Å². The topological polar surface area (TPSA) is 89.3 Å². The Kier molecular flexibility index (Phi) is 4.37. The fourth-order valence-electron chi connectivity index (χ4n) is 4.92. The summed E-state index contributed by atoms with van der Waals surface area (Å²) in [6, 6.07) is 22.7. The van der Waals surface area contributed by atoms with Crippen molar-refractivity contribution in [3.63, 3.8) is 0 Å². The summed E-state index contributed by atoms with van der Waals surface area (Å²) in [5.41, 5.74) is 14.6. The normalized spacial score (nSPS) is 20.3. The van der Waals surface area contributed by atoms with E-state index in [-0.39, 0.29) is 6.10 Å². The lowest BCUT2D eigenvalue weighted by Crippen LogP contribution is -2.51. The summed E-state index contributed by atoms with van der Waals surface area (Å²) >= 11 is 0. The van der Waals surface area contributed by atoms with Gasteiger partial charge in [-0.1, -0.05) is 54.6 Å². The molecule has 33 heavy (non-hydrogen) atoms. The number of pyridine rings is 1. The van der Waals surface area contributed by atoms with Gasteiger partial charge < -0.3 is 10.8 Å². The number of nitrogens with zero attached hydrogens (tertiary/aromatic N) is 4. The molecule has 1 aliphatic carbocycles. The van der Waals surface area contributed by atoms with E-state index in [1.165, 1.54) is 0 Å². The van der Waals surface area contributed by atoms with Crippen LogP contribution in [0.5, 0.6) is 0 Å². The van der Waals surface area contributed by atoms with Gasteiger partial charge in [-0.05, 0) is 43.9 Å². The standard InChI is InChI=1S/C27H25N5O/c1-16-12-24-29-17(2)22-13-23(18-6-4-3-5-7-18)25(30-26(22)32(24)31-16)19-8-10-20(11-9-19)27(28)14-21(33)15-27/h3-13,21,33H,14-15,28H2,1-2H3/t21-,27-. The van der Waals surface area contributed by atoms with Crippen molar-refractivity contribution in [3.05, 3.63) is 83.7 Å². The second kappa shape index (κ2) is 7.20. The molecule has 0 unspecified atom stereocenters. The van der Waals surface area contributed by atoms with Crippen molar-refractivity contribution in [1.82, 2.24) is 19.6 Å². The van der Waals surface area contributed by atoms with Crippen LogP contribution < -0.4 is 5.73 Å². The molecular weight excluding hydrogens is 410 g/mol. The summed E-state index contributed by atoms with van der Waals surface area (Å²) in [5, 5.41) is 15.4. The molecule has 0 bridgehead atoms. The summed E-state index contributed by atoms with van der Waals surface area (Å²) in [6.07, 6.45) is 0.885. The molecule has 2 aromatic carbocycles. The molecule has 164 valence electrons. The minimum absolute atomic E-state index is 0.307. The van der Waals surface area contributed by atoms with E-state index in [4.69, 9.17) is 15.7 Å². The van der Waals surface area contributed by atoms with Crippen LogP contribution in [0.25, 0.3) is 39.1 Å². The number of fused-ring (bicyclic) bond motifs is 3. The molecule has 0 radical (unpaired) electrons. The van der Waals surface area contributed by atoms with Crippen LogP contribution in [0.15, 0.2) is 66.7 Å². The van der Waals surface area contributed by atoms with E-state index in [2.05, 4.69) is 47.6 Å². The number of benzene rings is 2. The van der Waals surface area contributed by atoms with Gasteiger partial charge in [0.15, 0.2) is 11.3 Å². The van der Waals surface area contributed by atoms with Gasteiger partial charge in [0, 0.05) is 28.1 Å².